The van der Waals surface area contributed by atoms with Gasteiger partial charge in [-0.05, 0) is 40.0 Å². The summed E-state index contributed by atoms with van der Waals surface area (Å²) in [6, 6.07) is -0.640. The van der Waals surface area contributed by atoms with Crippen molar-refractivity contribution in [3.63, 3.8) is 0 Å². The van der Waals surface area contributed by atoms with E-state index in [4.69, 9.17) is 14.2 Å². The van der Waals surface area contributed by atoms with E-state index >= 15 is 0 Å². The Bertz CT molecular complexity index is 336. The number of piperidine rings is 1. The minimum absolute atomic E-state index is 0.437. The Morgan fingerprint density at radius 2 is 1.79 bits per heavy atom. The van der Waals surface area contributed by atoms with Gasteiger partial charge in [-0.25, -0.2) is 9.59 Å². The van der Waals surface area contributed by atoms with E-state index in [1.807, 2.05) is 0 Å². The van der Waals surface area contributed by atoms with Gasteiger partial charge in [-0.3, -0.25) is 4.90 Å². The van der Waals surface area contributed by atoms with Crippen LogP contribution in [0.3, 0.4) is 0 Å². The van der Waals surface area contributed by atoms with E-state index in [1.165, 1.54) is 19.1 Å². The molecule has 0 aromatic carbocycles. The van der Waals surface area contributed by atoms with Gasteiger partial charge in [-0.1, -0.05) is 0 Å². The number of hydrogen-bond donors (Lipinski definition) is 0. The Hall–Kier alpha value is -1.30. The fraction of sp³-hybridized carbons (Fsp3) is 0.846. The lowest BCUT2D eigenvalue weighted by atomic mass is 10.0. The van der Waals surface area contributed by atoms with Crippen LogP contribution in [0.5, 0.6) is 0 Å². The maximum atomic E-state index is 12.2. The lowest BCUT2D eigenvalue weighted by Crippen LogP contribution is -2.55. The van der Waals surface area contributed by atoms with Crippen molar-refractivity contribution in [2.75, 3.05) is 14.2 Å². The molecule has 6 nitrogen and oxygen atoms in total. The number of carbonyl (C=O) groups is 2. The minimum atomic E-state index is -0.640. The third kappa shape index (κ3) is 4.09. The average Bonchev–Trinajstić information content (AvgIpc) is 2.34. The standard InChI is InChI=1S/C13H23NO5/c1-13(2,3)19-12(16)14-9(11(15)18-5)7-6-8-10(14)17-4/h9-10H,6-8H2,1-5H3/t9-,10+/m1/s1. The first-order valence-electron chi connectivity index (χ1n) is 6.42. The van der Waals surface area contributed by atoms with Crippen LogP contribution >= 0.6 is 0 Å². The largest absolute Gasteiger partial charge is 0.467 e. The van der Waals surface area contributed by atoms with E-state index in [2.05, 4.69) is 0 Å². The van der Waals surface area contributed by atoms with Crippen LogP contribution in [0.1, 0.15) is 40.0 Å². The van der Waals surface area contributed by atoms with E-state index in [-0.39, 0.29) is 0 Å². The summed E-state index contributed by atoms with van der Waals surface area (Å²) in [5.74, 6) is -0.437. The number of ether oxygens (including phenoxy) is 3. The number of hydrogen-bond acceptors (Lipinski definition) is 5. The Morgan fingerprint density at radius 1 is 1.16 bits per heavy atom. The van der Waals surface area contributed by atoms with E-state index in [0.29, 0.717) is 12.8 Å². The molecule has 0 aromatic heterocycles. The number of nitrogens with zero attached hydrogens (tertiary/aromatic N) is 1. The molecule has 0 bridgehead atoms. The van der Waals surface area contributed by atoms with Crippen molar-refractivity contribution in [1.29, 1.82) is 0 Å². The molecule has 0 aliphatic carbocycles. The zero-order valence-electron chi connectivity index (χ0n) is 12.3. The lowest BCUT2D eigenvalue weighted by Gasteiger charge is -2.39. The molecule has 1 saturated heterocycles. The van der Waals surface area contributed by atoms with Crippen LogP contribution in [-0.4, -0.2) is 49.1 Å². The lowest BCUT2D eigenvalue weighted by molar-refractivity contribution is -0.156. The van der Waals surface area contributed by atoms with Crippen molar-refractivity contribution in [1.82, 2.24) is 4.90 Å². The Morgan fingerprint density at radius 3 is 2.26 bits per heavy atom. The molecular weight excluding hydrogens is 250 g/mol. The SMILES string of the molecule is COC(=O)[C@H]1CCC[C@H](OC)N1C(=O)OC(C)(C)C. The van der Waals surface area contributed by atoms with Crippen molar-refractivity contribution in [3.8, 4) is 0 Å². The molecule has 0 unspecified atom stereocenters. The van der Waals surface area contributed by atoms with E-state index in [0.717, 1.165) is 6.42 Å². The molecule has 1 amide bonds. The van der Waals surface area contributed by atoms with Gasteiger partial charge in [0.2, 0.25) is 0 Å². The number of rotatable bonds is 2. The Kier molecular flexibility index (Phi) is 5.17. The highest BCUT2D eigenvalue weighted by atomic mass is 16.6. The zero-order chi connectivity index (χ0) is 14.6. The first-order chi connectivity index (χ1) is 8.80. The molecule has 0 spiro atoms. The molecule has 1 rings (SSSR count). The molecule has 0 radical (unpaired) electrons. The highest BCUT2D eigenvalue weighted by molar-refractivity contribution is 5.81. The number of likely N-dealkylation sites (tertiary alicyclic amines) is 1. The first-order valence-corrected chi connectivity index (χ1v) is 6.42. The molecule has 1 aliphatic rings. The third-order valence-corrected chi connectivity index (χ3v) is 2.92. The molecule has 19 heavy (non-hydrogen) atoms. The second-order valence-electron chi connectivity index (χ2n) is 5.55. The summed E-state index contributed by atoms with van der Waals surface area (Å²) >= 11 is 0. The van der Waals surface area contributed by atoms with Gasteiger partial charge in [0, 0.05) is 7.11 Å². The summed E-state index contributed by atoms with van der Waals surface area (Å²) in [6.07, 6.45) is 1.05. The maximum absolute atomic E-state index is 12.2. The number of esters is 1. The van der Waals surface area contributed by atoms with Gasteiger partial charge in [0.1, 0.15) is 17.9 Å². The van der Waals surface area contributed by atoms with Crippen LogP contribution in [-0.2, 0) is 19.0 Å². The number of amides is 1. The van der Waals surface area contributed by atoms with Crippen LogP contribution in [0.15, 0.2) is 0 Å². The molecule has 1 heterocycles. The van der Waals surface area contributed by atoms with E-state index in [1.54, 1.807) is 20.8 Å². The molecule has 1 fully saturated rings. The average molecular weight is 273 g/mol. The summed E-state index contributed by atoms with van der Waals surface area (Å²) in [5.41, 5.74) is -0.618. The molecule has 0 saturated carbocycles. The molecule has 6 heteroatoms. The fourth-order valence-electron chi connectivity index (χ4n) is 2.12. The summed E-state index contributed by atoms with van der Waals surface area (Å²) in [4.78, 5) is 25.4. The molecule has 1 aliphatic heterocycles. The fourth-order valence-corrected chi connectivity index (χ4v) is 2.12. The second kappa shape index (κ2) is 6.23. The van der Waals surface area contributed by atoms with Gasteiger partial charge in [0.05, 0.1) is 7.11 Å². The predicted molar refractivity (Wildman–Crippen MR) is 68.5 cm³/mol. The van der Waals surface area contributed by atoms with Crippen LogP contribution in [0.4, 0.5) is 4.79 Å². The van der Waals surface area contributed by atoms with E-state index < -0.39 is 29.9 Å². The minimum Gasteiger partial charge on any atom is -0.467 e. The summed E-state index contributed by atoms with van der Waals surface area (Å²) in [7, 11) is 2.83. The van der Waals surface area contributed by atoms with Crippen molar-refractivity contribution in [2.24, 2.45) is 0 Å². The smallest absolute Gasteiger partial charge is 0.413 e. The summed E-state index contributed by atoms with van der Waals surface area (Å²) < 4.78 is 15.4. The van der Waals surface area contributed by atoms with E-state index in [9.17, 15) is 9.59 Å². The summed E-state index contributed by atoms with van der Waals surface area (Å²) in [6.45, 7) is 5.34. The van der Waals surface area contributed by atoms with Gasteiger partial charge >= 0.3 is 12.1 Å². The topological polar surface area (TPSA) is 65.1 Å². The zero-order valence-corrected chi connectivity index (χ0v) is 12.3. The molecule has 110 valence electrons. The van der Waals surface area contributed by atoms with Crippen molar-refractivity contribution < 1.29 is 23.8 Å². The molecule has 0 aromatic rings. The molecule has 0 N–H and O–H groups in total. The van der Waals surface area contributed by atoms with Crippen molar-refractivity contribution in [3.05, 3.63) is 0 Å². The third-order valence-electron chi connectivity index (χ3n) is 2.92. The maximum Gasteiger partial charge on any atom is 0.413 e. The molecule has 2 atom stereocenters. The predicted octanol–water partition coefficient (Wildman–Crippen LogP) is 1.92. The number of methoxy groups -OCH3 is 2. The number of carbonyl (C=O) groups excluding carboxylic acids is 2. The van der Waals surface area contributed by atoms with Crippen molar-refractivity contribution in [2.45, 2.75) is 57.9 Å². The van der Waals surface area contributed by atoms with Gasteiger partial charge in [-0.2, -0.15) is 0 Å². The highest BCUT2D eigenvalue weighted by Gasteiger charge is 2.41. The monoisotopic (exact) mass is 273 g/mol. The van der Waals surface area contributed by atoms with Crippen LogP contribution in [0.2, 0.25) is 0 Å². The normalized spacial score (nSPS) is 23.9. The highest BCUT2D eigenvalue weighted by Crippen LogP contribution is 2.26. The second-order valence-corrected chi connectivity index (χ2v) is 5.55. The Labute approximate surface area is 114 Å². The molecular formula is C13H23NO5. The van der Waals surface area contributed by atoms with Crippen LogP contribution in [0.25, 0.3) is 0 Å². The quantitative estimate of drug-likeness (QED) is 0.719. The van der Waals surface area contributed by atoms with Gasteiger partial charge in [0.25, 0.3) is 0 Å². The van der Waals surface area contributed by atoms with Gasteiger partial charge in [-0.15, -0.1) is 0 Å². The van der Waals surface area contributed by atoms with Crippen LogP contribution in [0, 0.1) is 0 Å². The van der Waals surface area contributed by atoms with Crippen LogP contribution < -0.4 is 0 Å². The first kappa shape index (κ1) is 15.8. The van der Waals surface area contributed by atoms with Crippen molar-refractivity contribution >= 4 is 12.1 Å². The Balaban J connectivity index is 2.91. The van der Waals surface area contributed by atoms with Gasteiger partial charge in [0.15, 0.2) is 0 Å². The van der Waals surface area contributed by atoms with Gasteiger partial charge < -0.3 is 14.2 Å². The summed E-state index contributed by atoms with van der Waals surface area (Å²) in [5, 5.41) is 0.